The molecule has 3 rings (SSSR count). The van der Waals surface area contributed by atoms with E-state index in [1.807, 2.05) is 4.57 Å². The Morgan fingerprint density at radius 2 is 1.63 bits per heavy atom. The van der Waals surface area contributed by atoms with Gasteiger partial charge in [0, 0.05) is 26.1 Å². The predicted molar refractivity (Wildman–Crippen MR) is 72.4 cm³/mol. The van der Waals surface area contributed by atoms with E-state index in [-0.39, 0.29) is 0 Å². The van der Waals surface area contributed by atoms with Crippen molar-refractivity contribution in [3.05, 3.63) is 12.0 Å². The molecule has 0 saturated carbocycles. The molecule has 2 aliphatic rings. The molecule has 0 unspecified atom stereocenters. The summed E-state index contributed by atoms with van der Waals surface area (Å²) in [5, 5.41) is 0.409. The minimum absolute atomic E-state index is 0.409. The Bertz CT molecular complexity index is 544. The molecule has 106 valence electrons. The number of sulfonamides is 1. The maximum atomic E-state index is 12.7. The fraction of sp³-hybridized carbons (Fsp3) is 0.769. The van der Waals surface area contributed by atoms with Crippen molar-refractivity contribution in [2.24, 2.45) is 0 Å². The normalized spacial score (nSPS) is 21.9. The minimum Gasteiger partial charge on any atom is -0.318 e. The van der Waals surface area contributed by atoms with Gasteiger partial charge in [-0.25, -0.2) is 13.4 Å². The fourth-order valence-corrected chi connectivity index (χ4v) is 4.67. The van der Waals surface area contributed by atoms with Crippen LogP contribution < -0.4 is 0 Å². The lowest BCUT2D eigenvalue weighted by Crippen LogP contribution is -2.36. The highest BCUT2D eigenvalue weighted by atomic mass is 32.2. The number of aryl methyl sites for hydroxylation is 1. The summed E-state index contributed by atoms with van der Waals surface area (Å²) >= 11 is 0. The summed E-state index contributed by atoms with van der Waals surface area (Å²) in [7, 11) is -3.34. The Kier molecular flexibility index (Phi) is 3.62. The lowest BCUT2D eigenvalue weighted by Gasteiger charge is -2.26. The Hall–Kier alpha value is -0.880. The van der Waals surface area contributed by atoms with Crippen LogP contribution >= 0.6 is 0 Å². The Morgan fingerprint density at radius 3 is 2.42 bits per heavy atom. The molecule has 0 aliphatic carbocycles. The van der Waals surface area contributed by atoms with E-state index in [0.717, 1.165) is 57.3 Å². The molecule has 2 aliphatic heterocycles. The summed E-state index contributed by atoms with van der Waals surface area (Å²) in [6, 6.07) is 0. The Labute approximate surface area is 114 Å². The number of rotatable bonds is 2. The van der Waals surface area contributed by atoms with Crippen LogP contribution in [0.3, 0.4) is 0 Å². The number of aromatic nitrogens is 2. The predicted octanol–water partition coefficient (Wildman–Crippen LogP) is 1.78. The third-order valence-electron chi connectivity index (χ3n) is 4.10. The van der Waals surface area contributed by atoms with E-state index in [1.165, 1.54) is 0 Å². The van der Waals surface area contributed by atoms with E-state index in [2.05, 4.69) is 4.98 Å². The quantitative estimate of drug-likeness (QED) is 0.831. The molecular weight excluding hydrogens is 262 g/mol. The molecule has 19 heavy (non-hydrogen) atoms. The molecule has 1 saturated heterocycles. The van der Waals surface area contributed by atoms with Gasteiger partial charge >= 0.3 is 0 Å². The molecule has 0 N–H and O–H groups in total. The molecule has 0 bridgehead atoms. The molecule has 0 atom stereocenters. The number of nitrogens with zero attached hydrogens (tertiary/aromatic N) is 3. The monoisotopic (exact) mass is 283 g/mol. The molecule has 0 radical (unpaired) electrons. The molecule has 6 heteroatoms. The SMILES string of the molecule is O=S(=O)(c1cnc2n1CCCCC2)N1CCCCC1. The number of imidazole rings is 1. The van der Waals surface area contributed by atoms with Gasteiger partial charge in [-0.2, -0.15) is 4.31 Å². The van der Waals surface area contributed by atoms with E-state index in [0.29, 0.717) is 18.1 Å². The van der Waals surface area contributed by atoms with Crippen molar-refractivity contribution in [1.82, 2.24) is 13.9 Å². The molecule has 0 amide bonds. The molecule has 1 aromatic heterocycles. The first-order valence-electron chi connectivity index (χ1n) is 7.24. The van der Waals surface area contributed by atoms with Crippen LogP contribution in [0.5, 0.6) is 0 Å². The van der Waals surface area contributed by atoms with Crippen LogP contribution in [-0.2, 0) is 23.0 Å². The van der Waals surface area contributed by atoms with Gasteiger partial charge in [-0.05, 0) is 25.7 Å². The highest BCUT2D eigenvalue weighted by molar-refractivity contribution is 7.89. The number of fused-ring (bicyclic) bond motifs is 1. The van der Waals surface area contributed by atoms with Gasteiger partial charge in [0.05, 0.1) is 6.20 Å². The van der Waals surface area contributed by atoms with Gasteiger partial charge in [-0.1, -0.05) is 12.8 Å². The molecule has 0 spiro atoms. The van der Waals surface area contributed by atoms with Crippen molar-refractivity contribution >= 4 is 10.0 Å². The average molecular weight is 283 g/mol. The minimum atomic E-state index is -3.34. The molecule has 5 nitrogen and oxygen atoms in total. The lowest BCUT2D eigenvalue weighted by molar-refractivity contribution is 0.343. The number of hydrogen-bond donors (Lipinski definition) is 0. The summed E-state index contributed by atoms with van der Waals surface area (Å²) in [5.74, 6) is 0.938. The maximum Gasteiger partial charge on any atom is 0.260 e. The second kappa shape index (κ2) is 5.25. The summed E-state index contributed by atoms with van der Waals surface area (Å²) in [6.45, 7) is 2.10. The average Bonchev–Trinajstić information content (AvgIpc) is 2.70. The second-order valence-electron chi connectivity index (χ2n) is 5.44. The number of hydrogen-bond acceptors (Lipinski definition) is 3. The zero-order valence-corrected chi connectivity index (χ0v) is 12.0. The van der Waals surface area contributed by atoms with Gasteiger partial charge in [-0.15, -0.1) is 0 Å². The fourth-order valence-electron chi connectivity index (χ4n) is 3.01. The van der Waals surface area contributed by atoms with Gasteiger partial charge in [0.2, 0.25) is 0 Å². The van der Waals surface area contributed by atoms with Gasteiger partial charge < -0.3 is 4.57 Å². The van der Waals surface area contributed by atoms with Crippen LogP contribution in [0.25, 0.3) is 0 Å². The lowest BCUT2D eigenvalue weighted by atomic mass is 10.2. The summed E-state index contributed by atoms with van der Waals surface area (Å²) in [5.41, 5.74) is 0. The first kappa shape index (κ1) is 13.1. The first-order valence-corrected chi connectivity index (χ1v) is 8.68. The van der Waals surface area contributed by atoms with Gasteiger partial charge in [0.25, 0.3) is 10.0 Å². The van der Waals surface area contributed by atoms with E-state index < -0.39 is 10.0 Å². The van der Waals surface area contributed by atoms with Crippen LogP contribution in [0.2, 0.25) is 0 Å². The smallest absolute Gasteiger partial charge is 0.260 e. The van der Waals surface area contributed by atoms with Gasteiger partial charge in [-0.3, -0.25) is 0 Å². The van der Waals surface area contributed by atoms with Crippen molar-refractivity contribution in [2.75, 3.05) is 13.1 Å². The zero-order chi connectivity index (χ0) is 13.3. The molecule has 0 aromatic carbocycles. The van der Waals surface area contributed by atoms with Crippen molar-refractivity contribution in [1.29, 1.82) is 0 Å². The molecular formula is C13H21N3O2S. The Balaban J connectivity index is 1.94. The summed E-state index contributed by atoms with van der Waals surface area (Å²) in [6.07, 6.45) is 8.86. The van der Waals surface area contributed by atoms with Crippen molar-refractivity contribution in [3.8, 4) is 0 Å². The van der Waals surface area contributed by atoms with E-state index in [9.17, 15) is 8.42 Å². The van der Waals surface area contributed by atoms with E-state index >= 15 is 0 Å². The first-order chi connectivity index (χ1) is 9.19. The third-order valence-corrected chi connectivity index (χ3v) is 6.00. The highest BCUT2D eigenvalue weighted by Crippen LogP contribution is 2.24. The number of piperidine rings is 1. The summed E-state index contributed by atoms with van der Waals surface area (Å²) in [4.78, 5) is 4.33. The van der Waals surface area contributed by atoms with Crippen molar-refractivity contribution in [2.45, 2.75) is 56.5 Å². The maximum absolute atomic E-state index is 12.7. The zero-order valence-electron chi connectivity index (χ0n) is 11.2. The van der Waals surface area contributed by atoms with E-state index in [1.54, 1.807) is 10.5 Å². The third kappa shape index (κ3) is 2.43. The summed E-state index contributed by atoms with van der Waals surface area (Å²) < 4.78 is 29.0. The van der Waals surface area contributed by atoms with E-state index in [4.69, 9.17) is 0 Å². The van der Waals surface area contributed by atoms with Crippen LogP contribution in [0.4, 0.5) is 0 Å². The topological polar surface area (TPSA) is 55.2 Å². The van der Waals surface area contributed by atoms with Crippen molar-refractivity contribution in [3.63, 3.8) is 0 Å². The van der Waals surface area contributed by atoms with Crippen molar-refractivity contribution < 1.29 is 8.42 Å². The van der Waals surface area contributed by atoms with Gasteiger partial charge in [0.1, 0.15) is 5.82 Å². The van der Waals surface area contributed by atoms with Crippen LogP contribution in [0.15, 0.2) is 11.2 Å². The Morgan fingerprint density at radius 1 is 0.947 bits per heavy atom. The largest absolute Gasteiger partial charge is 0.318 e. The van der Waals surface area contributed by atoms with Crippen LogP contribution in [-0.4, -0.2) is 35.4 Å². The van der Waals surface area contributed by atoms with Crippen LogP contribution in [0, 0.1) is 0 Å². The van der Waals surface area contributed by atoms with Gasteiger partial charge in [0.15, 0.2) is 5.03 Å². The molecule has 1 aromatic rings. The molecule has 3 heterocycles. The van der Waals surface area contributed by atoms with Crippen LogP contribution in [0.1, 0.15) is 44.3 Å². The highest BCUT2D eigenvalue weighted by Gasteiger charge is 2.30. The standard InChI is InChI=1S/C13H21N3O2S/c17-19(18,15-8-4-2-5-9-15)13-11-14-12-7-3-1-6-10-16(12)13/h11H,1-10H2. The second-order valence-corrected chi connectivity index (χ2v) is 7.32. The molecule has 1 fully saturated rings.